The molecule has 1 atom stereocenters. The van der Waals surface area contributed by atoms with E-state index < -0.39 is 5.82 Å². The third-order valence-corrected chi connectivity index (χ3v) is 3.28. The SMILES string of the molecule is COc1cccc(NC(CN)c2ccc(F)c(Cl)c2)c1. The van der Waals surface area contributed by atoms with Crippen molar-refractivity contribution in [2.45, 2.75) is 6.04 Å². The number of halogens is 2. The van der Waals surface area contributed by atoms with E-state index in [1.54, 1.807) is 19.2 Å². The normalized spacial score (nSPS) is 12.0. The molecule has 0 heterocycles. The summed E-state index contributed by atoms with van der Waals surface area (Å²) in [6, 6.07) is 12.0. The number of hydrogen-bond donors (Lipinski definition) is 2. The topological polar surface area (TPSA) is 47.3 Å². The maximum Gasteiger partial charge on any atom is 0.141 e. The number of nitrogens with one attached hydrogen (secondary N) is 1. The Morgan fingerprint density at radius 1 is 1.30 bits per heavy atom. The summed E-state index contributed by atoms with van der Waals surface area (Å²) in [7, 11) is 1.61. The van der Waals surface area contributed by atoms with Crippen molar-refractivity contribution in [3.8, 4) is 5.75 Å². The van der Waals surface area contributed by atoms with Crippen LogP contribution in [0.25, 0.3) is 0 Å². The van der Waals surface area contributed by atoms with E-state index in [-0.39, 0.29) is 11.1 Å². The number of anilines is 1. The molecule has 2 aromatic carbocycles. The summed E-state index contributed by atoms with van der Waals surface area (Å²) in [5.74, 6) is 0.315. The van der Waals surface area contributed by atoms with Crippen molar-refractivity contribution in [3.05, 3.63) is 58.9 Å². The molecule has 3 nitrogen and oxygen atoms in total. The molecule has 0 aromatic heterocycles. The predicted molar refractivity (Wildman–Crippen MR) is 79.8 cm³/mol. The fourth-order valence-electron chi connectivity index (χ4n) is 1.92. The Kier molecular flexibility index (Phi) is 4.82. The minimum Gasteiger partial charge on any atom is -0.497 e. The number of hydrogen-bond acceptors (Lipinski definition) is 3. The van der Waals surface area contributed by atoms with E-state index in [4.69, 9.17) is 22.1 Å². The van der Waals surface area contributed by atoms with Gasteiger partial charge in [-0.1, -0.05) is 23.7 Å². The minimum atomic E-state index is -0.437. The molecular weight excluding hydrogens is 279 g/mol. The van der Waals surface area contributed by atoms with Crippen LogP contribution in [0.15, 0.2) is 42.5 Å². The first-order chi connectivity index (χ1) is 9.63. The molecule has 0 aliphatic rings. The second kappa shape index (κ2) is 6.59. The van der Waals surface area contributed by atoms with Crippen molar-refractivity contribution in [2.24, 2.45) is 5.73 Å². The zero-order valence-corrected chi connectivity index (χ0v) is 11.8. The summed E-state index contributed by atoms with van der Waals surface area (Å²) in [5, 5.41) is 3.37. The Morgan fingerprint density at radius 2 is 2.10 bits per heavy atom. The summed E-state index contributed by atoms with van der Waals surface area (Å²) in [6.07, 6.45) is 0. The molecule has 106 valence electrons. The molecule has 0 aliphatic carbocycles. The van der Waals surface area contributed by atoms with Crippen LogP contribution in [0.1, 0.15) is 11.6 Å². The van der Waals surface area contributed by atoms with Gasteiger partial charge < -0.3 is 15.8 Å². The smallest absolute Gasteiger partial charge is 0.141 e. The van der Waals surface area contributed by atoms with E-state index in [2.05, 4.69) is 5.32 Å². The molecule has 1 unspecified atom stereocenters. The average Bonchev–Trinajstić information content (AvgIpc) is 2.48. The second-order valence-electron chi connectivity index (χ2n) is 4.34. The highest BCUT2D eigenvalue weighted by molar-refractivity contribution is 6.30. The van der Waals surface area contributed by atoms with Gasteiger partial charge >= 0.3 is 0 Å². The van der Waals surface area contributed by atoms with Crippen LogP contribution >= 0.6 is 11.6 Å². The molecule has 0 saturated heterocycles. The van der Waals surface area contributed by atoms with Crippen molar-refractivity contribution < 1.29 is 9.13 Å². The third kappa shape index (κ3) is 3.40. The van der Waals surface area contributed by atoms with Gasteiger partial charge in [0.15, 0.2) is 0 Å². The molecule has 0 radical (unpaired) electrons. The first kappa shape index (κ1) is 14.6. The minimum absolute atomic E-state index is 0.0911. The lowest BCUT2D eigenvalue weighted by atomic mass is 10.1. The van der Waals surface area contributed by atoms with Crippen molar-refractivity contribution in [2.75, 3.05) is 19.0 Å². The van der Waals surface area contributed by atoms with Crippen LogP contribution in [-0.4, -0.2) is 13.7 Å². The molecule has 0 spiro atoms. The lowest BCUT2D eigenvalue weighted by Gasteiger charge is -2.19. The molecule has 0 aliphatic heterocycles. The molecule has 0 saturated carbocycles. The van der Waals surface area contributed by atoms with Crippen LogP contribution in [0.3, 0.4) is 0 Å². The Morgan fingerprint density at radius 3 is 2.75 bits per heavy atom. The number of ether oxygens (including phenoxy) is 1. The van der Waals surface area contributed by atoms with Crippen molar-refractivity contribution in [1.29, 1.82) is 0 Å². The Hall–Kier alpha value is -1.78. The molecule has 2 rings (SSSR count). The van der Waals surface area contributed by atoms with Gasteiger partial charge in [0.1, 0.15) is 11.6 Å². The van der Waals surface area contributed by atoms with E-state index in [9.17, 15) is 4.39 Å². The number of rotatable bonds is 5. The zero-order chi connectivity index (χ0) is 14.5. The first-order valence-corrected chi connectivity index (χ1v) is 6.57. The van der Waals surface area contributed by atoms with Gasteiger partial charge in [0.25, 0.3) is 0 Å². The van der Waals surface area contributed by atoms with Crippen LogP contribution in [0.4, 0.5) is 10.1 Å². The summed E-state index contributed by atoms with van der Waals surface area (Å²) in [6.45, 7) is 0.360. The first-order valence-electron chi connectivity index (χ1n) is 6.19. The number of methoxy groups -OCH3 is 1. The van der Waals surface area contributed by atoms with Crippen LogP contribution in [0, 0.1) is 5.82 Å². The van der Waals surface area contributed by atoms with Crippen molar-refractivity contribution in [1.82, 2.24) is 0 Å². The van der Waals surface area contributed by atoms with Crippen molar-refractivity contribution >= 4 is 17.3 Å². The monoisotopic (exact) mass is 294 g/mol. The molecule has 0 amide bonds. The van der Waals surface area contributed by atoms with Gasteiger partial charge in [-0.05, 0) is 29.8 Å². The average molecular weight is 295 g/mol. The van der Waals surface area contributed by atoms with E-state index in [1.807, 2.05) is 24.3 Å². The van der Waals surface area contributed by atoms with Crippen LogP contribution in [0.2, 0.25) is 5.02 Å². The highest BCUT2D eigenvalue weighted by Gasteiger charge is 2.12. The van der Waals surface area contributed by atoms with Crippen LogP contribution < -0.4 is 15.8 Å². The van der Waals surface area contributed by atoms with Crippen LogP contribution in [-0.2, 0) is 0 Å². The standard InChI is InChI=1S/C15H16ClFN2O/c1-20-12-4-2-3-11(8-12)19-15(9-18)10-5-6-14(17)13(16)7-10/h2-8,15,19H,9,18H2,1H3. The largest absolute Gasteiger partial charge is 0.497 e. The number of nitrogens with two attached hydrogens (primary N) is 1. The Balaban J connectivity index is 2.21. The third-order valence-electron chi connectivity index (χ3n) is 2.99. The predicted octanol–water partition coefficient (Wildman–Crippen LogP) is 3.60. The fraction of sp³-hybridized carbons (Fsp3) is 0.200. The zero-order valence-electron chi connectivity index (χ0n) is 11.1. The Labute approximate surface area is 122 Å². The highest BCUT2D eigenvalue weighted by Crippen LogP contribution is 2.25. The summed E-state index contributed by atoms with van der Waals surface area (Å²) in [4.78, 5) is 0. The van der Waals surface area contributed by atoms with Crippen molar-refractivity contribution in [3.63, 3.8) is 0 Å². The quantitative estimate of drug-likeness (QED) is 0.886. The summed E-state index contributed by atoms with van der Waals surface area (Å²) >= 11 is 5.80. The molecule has 5 heteroatoms. The van der Waals surface area contributed by atoms with Gasteiger partial charge in [-0.2, -0.15) is 0 Å². The lowest BCUT2D eigenvalue weighted by Crippen LogP contribution is -2.20. The van der Waals surface area contributed by atoms with E-state index >= 15 is 0 Å². The van der Waals surface area contributed by atoms with Gasteiger partial charge in [0.2, 0.25) is 0 Å². The second-order valence-corrected chi connectivity index (χ2v) is 4.75. The van der Waals surface area contributed by atoms with Gasteiger partial charge in [-0.25, -0.2) is 4.39 Å². The molecule has 3 N–H and O–H groups in total. The number of benzene rings is 2. The van der Waals surface area contributed by atoms with Gasteiger partial charge in [0.05, 0.1) is 18.2 Å². The molecule has 20 heavy (non-hydrogen) atoms. The molecule has 0 bridgehead atoms. The van der Waals surface area contributed by atoms with Gasteiger partial charge in [-0.15, -0.1) is 0 Å². The fourth-order valence-corrected chi connectivity index (χ4v) is 2.11. The van der Waals surface area contributed by atoms with Gasteiger partial charge in [0, 0.05) is 18.3 Å². The van der Waals surface area contributed by atoms with E-state index in [0.29, 0.717) is 6.54 Å². The lowest BCUT2D eigenvalue weighted by molar-refractivity contribution is 0.415. The molecular formula is C15H16ClFN2O. The highest BCUT2D eigenvalue weighted by atomic mass is 35.5. The molecule has 2 aromatic rings. The Bertz CT molecular complexity index is 592. The molecule has 0 fully saturated rings. The van der Waals surface area contributed by atoms with E-state index in [1.165, 1.54) is 6.07 Å². The van der Waals surface area contributed by atoms with Crippen LogP contribution in [0.5, 0.6) is 5.75 Å². The summed E-state index contributed by atoms with van der Waals surface area (Å²) in [5.41, 5.74) is 7.49. The summed E-state index contributed by atoms with van der Waals surface area (Å²) < 4.78 is 18.4. The maximum absolute atomic E-state index is 13.2. The van der Waals surface area contributed by atoms with Gasteiger partial charge in [-0.3, -0.25) is 0 Å². The maximum atomic E-state index is 13.2. The van der Waals surface area contributed by atoms with E-state index in [0.717, 1.165) is 17.0 Å².